The first-order chi connectivity index (χ1) is 11.9. The Kier molecular flexibility index (Phi) is 8.25. The van der Waals surface area contributed by atoms with Gasteiger partial charge in [-0.3, -0.25) is 14.4 Å². The van der Waals surface area contributed by atoms with Gasteiger partial charge < -0.3 is 24.4 Å². The van der Waals surface area contributed by atoms with Crippen LogP contribution < -0.4 is 14.8 Å². The molecule has 0 unspecified atom stereocenters. The monoisotopic (exact) mass is 352 g/mol. The number of carbonyl (C=O) groups is 3. The first kappa shape index (κ1) is 20.3. The van der Waals surface area contributed by atoms with Crippen molar-refractivity contribution >= 4 is 17.8 Å². The maximum atomic E-state index is 12.8. The zero-order chi connectivity index (χ0) is 18.8. The molecule has 8 nitrogen and oxygen atoms in total. The van der Waals surface area contributed by atoms with Crippen LogP contribution in [0.5, 0.6) is 11.5 Å². The van der Waals surface area contributed by atoms with Crippen molar-refractivity contribution in [3.05, 3.63) is 23.8 Å². The van der Waals surface area contributed by atoms with Crippen LogP contribution in [0.2, 0.25) is 0 Å². The zero-order valence-electron chi connectivity index (χ0n) is 15.0. The van der Waals surface area contributed by atoms with Gasteiger partial charge in [-0.15, -0.1) is 0 Å². The van der Waals surface area contributed by atoms with E-state index in [-0.39, 0.29) is 37.9 Å². The number of esters is 1. The van der Waals surface area contributed by atoms with Gasteiger partial charge in [-0.25, -0.2) is 0 Å². The maximum Gasteiger partial charge on any atom is 0.307 e. The molecule has 0 spiro atoms. The Hall–Kier alpha value is -2.77. The Morgan fingerprint density at radius 1 is 1.04 bits per heavy atom. The van der Waals surface area contributed by atoms with Crippen LogP contribution in [0.15, 0.2) is 18.2 Å². The lowest BCUT2D eigenvalue weighted by Gasteiger charge is -2.23. The van der Waals surface area contributed by atoms with Crippen LogP contribution in [0.25, 0.3) is 0 Å². The highest BCUT2D eigenvalue weighted by Gasteiger charge is 2.19. The topological polar surface area (TPSA) is 94.2 Å². The van der Waals surface area contributed by atoms with Crippen molar-refractivity contribution in [1.82, 2.24) is 10.2 Å². The van der Waals surface area contributed by atoms with Gasteiger partial charge in [0.1, 0.15) is 0 Å². The van der Waals surface area contributed by atoms with Gasteiger partial charge in [0, 0.05) is 32.1 Å². The maximum absolute atomic E-state index is 12.8. The summed E-state index contributed by atoms with van der Waals surface area (Å²) in [5.41, 5.74) is 0.394. The molecule has 1 rings (SSSR count). The summed E-state index contributed by atoms with van der Waals surface area (Å²) in [6.45, 7) is 2.13. The first-order valence-electron chi connectivity index (χ1n) is 7.75. The van der Waals surface area contributed by atoms with E-state index in [4.69, 9.17) is 9.47 Å². The molecule has 1 aromatic rings. The highest BCUT2D eigenvalue weighted by atomic mass is 16.5. The third-order valence-corrected chi connectivity index (χ3v) is 3.49. The summed E-state index contributed by atoms with van der Waals surface area (Å²) in [6, 6.07) is 4.83. The smallest absolute Gasteiger partial charge is 0.307 e. The number of nitrogens with one attached hydrogen (secondary N) is 1. The van der Waals surface area contributed by atoms with E-state index >= 15 is 0 Å². The molecule has 0 aliphatic rings. The fraction of sp³-hybridized carbons (Fsp3) is 0.471. The van der Waals surface area contributed by atoms with Gasteiger partial charge in [-0.2, -0.15) is 0 Å². The minimum Gasteiger partial charge on any atom is -0.493 e. The van der Waals surface area contributed by atoms with Crippen LogP contribution in [0, 0.1) is 0 Å². The number of carbonyl (C=O) groups excluding carboxylic acids is 3. The van der Waals surface area contributed by atoms with Gasteiger partial charge in [0.05, 0.1) is 27.8 Å². The molecule has 0 bridgehead atoms. The molecule has 0 aliphatic heterocycles. The Balaban J connectivity index is 2.92. The highest BCUT2D eigenvalue weighted by Crippen LogP contribution is 2.28. The van der Waals surface area contributed by atoms with E-state index in [1.54, 1.807) is 18.2 Å². The number of rotatable bonds is 9. The fourth-order valence-electron chi connectivity index (χ4n) is 2.16. The van der Waals surface area contributed by atoms with Gasteiger partial charge in [0.25, 0.3) is 5.91 Å². The summed E-state index contributed by atoms with van der Waals surface area (Å²) in [7, 11) is 4.29. The van der Waals surface area contributed by atoms with Crippen LogP contribution in [0.3, 0.4) is 0 Å². The number of nitrogens with zero attached hydrogens (tertiary/aromatic N) is 1. The van der Waals surface area contributed by atoms with Crippen molar-refractivity contribution in [2.45, 2.75) is 13.3 Å². The number of methoxy groups -OCH3 is 3. The third-order valence-electron chi connectivity index (χ3n) is 3.49. The van der Waals surface area contributed by atoms with E-state index in [9.17, 15) is 14.4 Å². The molecule has 1 N–H and O–H groups in total. The summed E-state index contributed by atoms with van der Waals surface area (Å²) in [5, 5.41) is 2.63. The van der Waals surface area contributed by atoms with E-state index < -0.39 is 5.97 Å². The third kappa shape index (κ3) is 6.33. The second-order valence-corrected chi connectivity index (χ2v) is 5.17. The molecule has 8 heteroatoms. The number of hydrogen-bond acceptors (Lipinski definition) is 6. The minimum atomic E-state index is -0.412. The average molecular weight is 352 g/mol. The SMILES string of the molecule is COC(=O)CCN(CCNC(C)=O)C(=O)c1ccc(OC)c(OC)c1. The molecular weight excluding hydrogens is 328 g/mol. The van der Waals surface area contributed by atoms with Crippen molar-refractivity contribution in [2.24, 2.45) is 0 Å². The summed E-state index contributed by atoms with van der Waals surface area (Å²) in [4.78, 5) is 36.6. The molecule has 0 saturated carbocycles. The molecule has 0 fully saturated rings. The van der Waals surface area contributed by atoms with Crippen molar-refractivity contribution in [3.63, 3.8) is 0 Å². The molecule has 1 aromatic carbocycles. The van der Waals surface area contributed by atoms with Crippen LogP contribution in [-0.4, -0.2) is 63.6 Å². The van der Waals surface area contributed by atoms with Gasteiger partial charge in [0.2, 0.25) is 5.91 Å². The largest absolute Gasteiger partial charge is 0.493 e. The van der Waals surface area contributed by atoms with Crippen molar-refractivity contribution < 1.29 is 28.6 Å². The number of amides is 2. The lowest BCUT2D eigenvalue weighted by atomic mass is 10.1. The van der Waals surface area contributed by atoms with Crippen molar-refractivity contribution in [3.8, 4) is 11.5 Å². The Morgan fingerprint density at radius 2 is 1.72 bits per heavy atom. The summed E-state index contributed by atoms with van der Waals surface area (Å²) in [6.07, 6.45) is 0.0651. The first-order valence-corrected chi connectivity index (χ1v) is 7.75. The molecule has 0 aromatic heterocycles. The number of hydrogen-bond donors (Lipinski definition) is 1. The quantitative estimate of drug-likeness (QED) is 0.662. The Morgan fingerprint density at radius 3 is 2.28 bits per heavy atom. The normalized spacial score (nSPS) is 9.92. The van der Waals surface area contributed by atoms with Crippen LogP contribution in [0.1, 0.15) is 23.7 Å². The van der Waals surface area contributed by atoms with Crippen LogP contribution >= 0.6 is 0 Å². The predicted molar refractivity (Wildman–Crippen MR) is 90.8 cm³/mol. The summed E-state index contributed by atoms with van der Waals surface area (Å²) >= 11 is 0. The molecule has 138 valence electrons. The zero-order valence-corrected chi connectivity index (χ0v) is 15.0. The standard InChI is InChI=1S/C17H24N2O6/c1-12(20)18-8-10-19(9-7-16(21)25-4)17(22)13-5-6-14(23-2)15(11-13)24-3/h5-6,11H,7-10H2,1-4H3,(H,18,20). The lowest BCUT2D eigenvalue weighted by molar-refractivity contribution is -0.140. The number of benzene rings is 1. The van der Waals surface area contributed by atoms with Gasteiger partial charge >= 0.3 is 5.97 Å². The molecule has 2 amide bonds. The van der Waals surface area contributed by atoms with E-state index in [1.807, 2.05) is 0 Å². The Bertz CT molecular complexity index is 617. The molecule has 0 aliphatic carbocycles. The van der Waals surface area contributed by atoms with E-state index in [1.165, 1.54) is 33.2 Å². The van der Waals surface area contributed by atoms with E-state index in [2.05, 4.69) is 10.1 Å². The predicted octanol–water partition coefficient (Wildman–Crippen LogP) is 0.845. The summed E-state index contributed by atoms with van der Waals surface area (Å²) in [5.74, 6) is 0.0628. The summed E-state index contributed by atoms with van der Waals surface area (Å²) < 4.78 is 15.0. The Labute approximate surface area is 147 Å². The molecule has 0 atom stereocenters. The molecule has 0 radical (unpaired) electrons. The molecular formula is C17H24N2O6. The molecule has 0 heterocycles. The number of ether oxygens (including phenoxy) is 3. The average Bonchev–Trinajstić information content (AvgIpc) is 2.62. The fourth-order valence-corrected chi connectivity index (χ4v) is 2.16. The van der Waals surface area contributed by atoms with E-state index in [0.29, 0.717) is 17.1 Å². The van der Waals surface area contributed by atoms with Gasteiger partial charge in [-0.05, 0) is 18.2 Å². The van der Waals surface area contributed by atoms with E-state index in [0.717, 1.165) is 0 Å². The molecule has 25 heavy (non-hydrogen) atoms. The minimum absolute atomic E-state index is 0.0651. The van der Waals surface area contributed by atoms with Crippen LogP contribution in [-0.2, 0) is 14.3 Å². The second-order valence-electron chi connectivity index (χ2n) is 5.17. The van der Waals surface area contributed by atoms with Gasteiger partial charge in [0.15, 0.2) is 11.5 Å². The van der Waals surface area contributed by atoms with Crippen molar-refractivity contribution in [2.75, 3.05) is 41.0 Å². The highest BCUT2D eigenvalue weighted by molar-refractivity contribution is 5.95. The van der Waals surface area contributed by atoms with Crippen molar-refractivity contribution in [1.29, 1.82) is 0 Å². The van der Waals surface area contributed by atoms with Gasteiger partial charge in [-0.1, -0.05) is 0 Å². The molecule has 0 saturated heterocycles. The van der Waals surface area contributed by atoms with Crippen LogP contribution in [0.4, 0.5) is 0 Å². The lowest BCUT2D eigenvalue weighted by Crippen LogP contribution is -2.39. The second kappa shape index (κ2) is 10.2.